The number of fused-ring (bicyclic) bond motifs is 1. The standard InChI is InChI=1S/C14H19N5O/c1-14(2,3)19-12(20)7-16-13-10-5-4-9(15)6-11(10)17-8-18-13/h4-6,8H,7,15H2,1-3H3,(H,19,20)(H,16,17,18). The molecule has 6 nitrogen and oxygen atoms in total. The quantitative estimate of drug-likeness (QED) is 0.738. The Kier molecular flexibility index (Phi) is 3.74. The zero-order valence-electron chi connectivity index (χ0n) is 11.9. The SMILES string of the molecule is CC(C)(C)NC(=O)CNc1ncnc2cc(N)ccc12. The van der Waals surface area contributed by atoms with Crippen molar-refractivity contribution in [1.29, 1.82) is 0 Å². The molecular weight excluding hydrogens is 254 g/mol. The number of nitrogen functional groups attached to an aromatic ring is 1. The maximum atomic E-state index is 11.8. The topological polar surface area (TPSA) is 92.9 Å². The second kappa shape index (κ2) is 5.32. The van der Waals surface area contributed by atoms with Crippen LogP contribution in [0.4, 0.5) is 11.5 Å². The molecule has 0 bridgehead atoms. The average molecular weight is 273 g/mol. The molecule has 2 rings (SSSR count). The third-order valence-corrected chi connectivity index (χ3v) is 2.59. The number of nitrogens with zero attached hydrogens (tertiary/aromatic N) is 2. The molecule has 0 radical (unpaired) electrons. The van der Waals surface area contributed by atoms with Gasteiger partial charge in [0.2, 0.25) is 5.91 Å². The molecule has 0 spiro atoms. The Hall–Kier alpha value is -2.37. The predicted molar refractivity (Wildman–Crippen MR) is 80.3 cm³/mol. The molecular formula is C14H19N5O. The summed E-state index contributed by atoms with van der Waals surface area (Å²) in [5.74, 6) is 0.541. The van der Waals surface area contributed by atoms with Gasteiger partial charge < -0.3 is 16.4 Å². The van der Waals surface area contributed by atoms with Crippen LogP contribution in [0.3, 0.4) is 0 Å². The van der Waals surface area contributed by atoms with Crippen molar-refractivity contribution in [3.8, 4) is 0 Å². The number of rotatable bonds is 3. The highest BCUT2D eigenvalue weighted by atomic mass is 16.2. The Morgan fingerprint density at radius 1 is 1.30 bits per heavy atom. The van der Waals surface area contributed by atoms with Crippen LogP contribution in [0.25, 0.3) is 10.9 Å². The van der Waals surface area contributed by atoms with Crippen LogP contribution in [-0.2, 0) is 4.79 Å². The summed E-state index contributed by atoms with van der Waals surface area (Å²) >= 11 is 0. The normalized spacial score (nSPS) is 11.3. The second-order valence-electron chi connectivity index (χ2n) is 5.65. The van der Waals surface area contributed by atoms with Gasteiger partial charge in [0.25, 0.3) is 0 Å². The Morgan fingerprint density at radius 3 is 2.75 bits per heavy atom. The highest BCUT2D eigenvalue weighted by Gasteiger charge is 2.13. The molecule has 0 fully saturated rings. The molecule has 0 aliphatic carbocycles. The van der Waals surface area contributed by atoms with Gasteiger partial charge in [0.1, 0.15) is 12.1 Å². The fourth-order valence-corrected chi connectivity index (χ4v) is 1.84. The van der Waals surface area contributed by atoms with Gasteiger partial charge in [0.05, 0.1) is 12.1 Å². The third-order valence-electron chi connectivity index (χ3n) is 2.59. The first kappa shape index (κ1) is 14.0. The average Bonchev–Trinajstić information content (AvgIpc) is 2.33. The van der Waals surface area contributed by atoms with E-state index in [2.05, 4.69) is 20.6 Å². The lowest BCUT2D eigenvalue weighted by atomic mass is 10.1. The van der Waals surface area contributed by atoms with Gasteiger partial charge in [0, 0.05) is 16.6 Å². The number of nitrogens with two attached hydrogens (primary N) is 1. The van der Waals surface area contributed by atoms with Gasteiger partial charge in [-0.05, 0) is 39.0 Å². The Balaban J connectivity index is 2.12. The minimum atomic E-state index is -0.249. The summed E-state index contributed by atoms with van der Waals surface area (Å²) in [6.45, 7) is 5.98. The largest absolute Gasteiger partial charge is 0.399 e. The molecule has 0 saturated heterocycles. The highest BCUT2D eigenvalue weighted by Crippen LogP contribution is 2.20. The van der Waals surface area contributed by atoms with E-state index in [1.165, 1.54) is 6.33 Å². The second-order valence-corrected chi connectivity index (χ2v) is 5.65. The summed E-state index contributed by atoms with van der Waals surface area (Å²) in [5, 5.41) is 6.75. The van der Waals surface area contributed by atoms with Crippen LogP contribution in [-0.4, -0.2) is 28.0 Å². The van der Waals surface area contributed by atoms with Crippen molar-refractivity contribution in [3.05, 3.63) is 24.5 Å². The van der Waals surface area contributed by atoms with Gasteiger partial charge in [-0.1, -0.05) is 0 Å². The Morgan fingerprint density at radius 2 is 2.05 bits per heavy atom. The molecule has 106 valence electrons. The number of carbonyl (C=O) groups is 1. The van der Waals surface area contributed by atoms with Crippen molar-refractivity contribution in [2.75, 3.05) is 17.6 Å². The van der Waals surface area contributed by atoms with E-state index >= 15 is 0 Å². The zero-order chi connectivity index (χ0) is 14.8. The fraction of sp³-hybridized carbons (Fsp3) is 0.357. The zero-order valence-corrected chi connectivity index (χ0v) is 11.9. The highest BCUT2D eigenvalue weighted by molar-refractivity contribution is 5.92. The maximum absolute atomic E-state index is 11.8. The molecule has 6 heteroatoms. The molecule has 1 aromatic heterocycles. The molecule has 0 unspecified atom stereocenters. The van der Waals surface area contributed by atoms with E-state index < -0.39 is 0 Å². The number of amides is 1. The van der Waals surface area contributed by atoms with Gasteiger partial charge in [-0.3, -0.25) is 4.79 Å². The summed E-state index contributed by atoms with van der Waals surface area (Å²) in [7, 11) is 0. The molecule has 20 heavy (non-hydrogen) atoms. The molecule has 4 N–H and O–H groups in total. The number of benzene rings is 1. The van der Waals surface area contributed by atoms with Crippen molar-refractivity contribution in [2.24, 2.45) is 0 Å². The van der Waals surface area contributed by atoms with Gasteiger partial charge in [0.15, 0.2) is 0 Å². The van der Waals surface area contributed by atoms with E-state index in [-0.39, 0.29) is 18.0 Å². The maximum Gasteiger partial charge on any atom is 0.239 e. The summed E-state index contributed by atoms with van der Waals surface area (Å²) in [5.41, 5.74) is 6.87. The molecule has 1 amide bonds. The van der Waals surface area contributed by atoms with Gasteiger partial charge >= 0.3 is 0 Å². The van der Waals surface area contributed by atoms with Crippen molar-refractivity contribution < 1.29 is 4.79 Å². The van der Waals surface area contributed by atoms with E-state index in [1.54, 1.807) is 12.1 Å². The number of hydrogen-bond acceptors (Lipinski definition) is 5. The number of anilines is 2. The summed E-state index contributed by atoms with van der Waals surface area (Å²) in [4.78, 5) is 20.1. The molecule has 2 aromatic rings. The van der Waals surface area contributed by atoms with Crippen LogP contribution >= 0.6 is 0 Å². The van der Waals surface area contributed by atoms with Crippen LogP contribution in [0.15, 0.2) is 24.5 Å². The van der Waals surface area contributed by atoms with Crippen LogP contribution in [0.2, 0.25) is 0 Å². The fourth-order valence-electron chi connectivity index (χ4n) is 1.84. The minimum absolute atomic E-state index is 0.0836. The van der Waals surface area contributed by atoms with Crippen molar-refractivity contribution in [1.82, 2.24) is 15.3 Å². The van der Waals surface area contributed by atoms with Gasteiger partial charge in [-0.25, -0.2) is 9.97 Å². The lowest BCUT2D eigenvalue weighted by Gasteiger charge is -2.20. The molecule has 0 atom stereocenters. The summed E-state index contributed by atoms with van der Waals surface area (Å²) < 4.78 is 0. The van der Waals surface area contributed by atoms with Crippen LogP contribution in [0.5, 0.6) is 0 Å². The summed E-state index contributed by atoms with van der Waals surface area (Å²) in [6.07, 6.45) is 1.45. The Labute approximate surface area is 117 Å². The van der Waals surface area contributed by atoms with Gasteiger partial charge in [-0.2, -0.15) is 0 Å². The first-order valence-corrected chi connectivity index (χ1v) is 6.40. The molecule has 0 saturated carbocycles. The van der Waals surface area contributed by atoms with E-state index in [1.807, 2.05) is 26.8 Å². The van der Waals surface area contributed by atoms with Crippen LogP contribution in [0.1, 0.15) is 20.8 Å². The lowest BCUT2D eigenvalue weighted by Crippen LogP contribution is -2.43. The molecule has 1 aromatic carbocycles. The third kappa shape index (κ3) is 3.57. The molecule has 0 aliphatic rings. The number of aromatic nitrogens is 2. The van der Waals surface area contributed by atoms with E-state index in [9.17, 15) is 4.79 Å². The van der Waals surface area contributed by atoms with Crippen LogP contribution in [0, 0.1) is 0 Å². The predicted octanol–water partition coefficient (Wildman–Crippen LogP) is 1.54. The Bertz CT molecular complexity index is 633. The van der Waals surface area contributed by atoms with Crippen LogP contribution < -0.4 is 16.4 Å². The molecule has 1 heterocycles. The van der Waals surface area contributed by atoms with Gasteiger partial charge in [-0.15, -0.1) is 0 Å². The first-order valence-electron chi connectivity index (χ1n) is 6.40. The number of hydrogen-bond donors (Lipinski definition) is 3. The first-order chi connectivity index (χ1) is 9.35. The van der Waals surface area contributed by atoms with E-state index in [0.29, 0.717) is 11.5 Å². The summed E-state index contributed by atoms with van der Waals surface area (Å²) in [6, 6.07) is 5.40. The van der Waals surface area contributed by atoms with Crippen molar-refractivity contribution in [3.63, 3.8) is 0 Å². The number of carbonyl (C=O) groups excluding carboxylic acids is 1. The van der Waals surface area contributed by atoms with Crippen molar-refractivity contribution >= 4 is 28.3 Å². The van der Waals surface area contributed by atoms with E-state index in [0.717, 1.165) is 10.9 Å². The van der Waals surface area contributed by atoms with Crippen molar-refractivity contribution in [2.45, 2.75) is 26.3 Å². The smallest absolute Gasteiger partial charge is 0.239 e. The monoisotopic (exact) mass is 273 g/mol. The molecule has 0 aliphatic heterocycles. The minimum Gasteiger partial charge on any atom is -0.399 e. The van der Waals surface area contributed by atoms with E-state index in [4.69, 9.17) is 5.73 Å². The number of nitrogens with one attached hydrogen (secondary N) is 2. The lowest BCUT2D eigenvalue weighted by molar-refractivity contribution is -0.120.